The molecule has 0 aliphatic carbocycles. The lowest BCUT2D eigenvalue weighted by Crippen LogP contribution is -2.37. The van der Waals surface area contributed by atoms with E-state index in [2.05, 4.69) is 9.82 Å². The zero-order valence-corrected chi connectivity index (χ0v) is 11.4. The van der Waals surface area contributed by atoms with Gasteiger partial charge in [-0.2, -0.15) is 5.10 Å². The van der Waals surface area contributed by atoms with Crippen LogP contribution in [-0.4, -0.2) is 49.7 Å². The van der Waals surface area contributed by atoms with E-state index in [9.17, 15) is 8.42 Å². The maximum atomic E-state index is 12.0. The normalized spacial score (nSPS) is 13.7. The maximum Gasteiger partial charge on any atom is 0.244 e. The summed E-state index contributed by atoms with van der Waals surface area (Å²) in [6.45, 7) is 2.38. The van der Waals surface area contributed by atoms with Gasteiger partial charge in [0.05, 0.1) is 26.0 Å². The Morgan fingerprint density at radius 2 is 2.33 bits per heavy atom. The summed E-state index contributed by atoms with van der Waals surface area (Å²) in [5, 5.41) is 12.6. The molecule has 0 fully saturated rings. The van der Waals surface area contributed by atoms with E-state index in [0.29, 0.717) is 13.0 Å². The van der Waals surface area contributed by atoms with Crippen molar-refractivity contribution in [1.29, 1.82) is 0 Å². The van der Waals surface area contributed by atoms with Gasteiger partial charge in [0.15, 0.2) is 0 Å². The van der Waals surface area contributed by atoms with Crippen LogP contribution in [0.3, 0.4) is 0 Å². The Kier molecular flexibility index (Phi) is 5.73. The summed E-state index contributed by atoms with van der Waals surface area (Å²) in [5.74, 6) is 0. The minimum absolute atomic E-state index is 0.0874. The summed E-state index contributed by atoms with van der Waals surface area (Å²) in [6.07, 6.45) is 3.29. The first-order valence-electron chi connectivity index (χ1n) is 5.68. The molecule has 0 bridgehead atoms. The van der Waals surface area contributed by atoms with Crippen LogP contribution in [0.2, 0.25) is 0 Å². The predicted molar refractivity (Wildman–Crippen MR) is 65.6 cm³/mol. The van der Waals surface area contributed by atoms with Gasteiger partial charge in [0.2, 0.25) is 10.0 Å². The molecule has 1 aromatic rings. The van der Waals surface area contributed by atoms with Crippen molar-refractivity contribution >= 4 is 10.0 Å². The van der Waals surface area contributed by atoms with Crippen molar-refractivity contribution in [3.8, 4) is 0 Å². The van der Waals surface area contributed by atoms with Gasteiger partial charge in [-0.1, -0.05) is 6.92 Å². The number of methoxy groups -OCH3 is 1. The highest BCUT2D eigenvalue weighted by molar-refractivity contribution is 7.89. The van der Waals surface area contributed by atoms with Crippen LogP contribution in [-0.2, 0) is 21.3 Å². The monoisotopic (exact) mass is 277 g/mol. The Morgan fingerprint density at radius 1 is 1.61 bits per heavy atom. The fraction of sp³-hybridized carbons (Fsp3) is 0.700. The van der Waals surface area contributed by atoms with Gasteiger partial charge >= 0.3 is 0 Å². The van der Waals surface area contributed by atoms with Crippen molar-refractivity contribution < 1.29 is 18.3 Å². The van der Waals surface area contributed by atoms with E-state index < -0.39 is 10.0 Å². The van der Waals surface area contributed by atoms with Gasteiger partial charge in [0.1, 0.15) is 4.90 Å². The third-order valence-electron chi connectivity index (χ3n) is 2.43. The molecule has 0 spiro atoms. The molecular formula is C10H19N3O4S. The van der Waals surface area contributed by atoms with Gasteiger partial charge < -0.3 is 9.84 Å². The van der Waals surface area contributed by atoms with Crippen LogP contribution in [0.1, 0.15) is 13.3 Å². The van der Waals surface area contributed by atoms with Crippen molar-refractivity contribution in [2.24, 2.45) is 0 Å². The molecule has 1 heterocycles. The zero-order chi connectivity index (χ0) is 13.6. The van der Waals surface area contributed by atoms with Crippen LogP contribution in [0.5, 0.6) is 0 Å². The maximum absolute atomic E-state index is 12.0. The number of sulfonamides is 1. The second kappa shape index (κ2) is 6.83. The lowest BCUT2D eigenvalue weighted by atomic mass is 10.3. The molecule has 0 saturated heterocycles. The Hall–Kier alpha value is -0.960. The van der Waals surface area contributed by atoms with Crippen LogP contribution in [0.4, 0.5) is 0 Å². The molecule has 0 aliphatic rings. The summed E-state index contributed by atoms with van der Waals surface area (Å²) in [7, 11) is -2.06. The van der Waals surface area contributed by atoms with Gasteiger partial charge in [-0.15, -0.1) is 0 Å². The summed E-state index contributed by atoms with van der Waals surface area (Å²) < 4.78 is 32.9. The van der Waals surface area contributed by atoms with Crippen LogP contribution < -0.4 is 4.72 Å². The highest BCUT2D eigenvalue weighted by Crippen LogP contribution is 2.08. The molecule has 8 heteroatoms. The number of nitrogens with one attached hydrogen (secondary N) is 1. The second-order valence-corrected chi connectivity index (χ2v) is 5.56. The smallest absolute Gasteiger partial charge is 0.244 e. The molecule has 1 atom stereocenters. The molecule has 18 heavy (non-hydrogen) atoms. The Bertz CT molecular complexity index is 457. The summed E-state index contributed by atoms with van der Waals surface area (Å²) in [6, 6.07) is -0.263. The number of ether oxygens (including phenoxy) is 1. The second-order valence-electron chi connectivity index (χ2n) is 3.84. The van der Waals surface area contributed by atoms with Crippen molar-refractivity contribution in [3.63, 3.8) is 0 Å². The highest BCUT2D eigenvalue weighted by atomic mass is 32.2. The van der Waals surface area contributed by atoms with Crippen molar-refractivity contribution in [2.75, 3.05) is 20.3 Å². The minimum atomic E-state index is -3.59. The van der Waals surface area contributed by atoms with E-state index in [-0.39, 0.29) is 24.1 Å². The van der Waals surface area contributed by atoms with Gasteiger partial charge in [-0.05, 0) is 6.42 Å². The number of hydrogen-bond donors (Lipinski definition) is 2. The number of hydrogen-bond acceptors (Lipinski definition) is 5. The Morgan fingerprint density at radius 3 is 2.89 bits per heavy atom. The van der Waals surface area contributed by atoms with Gasteiger partial charge in [-0.25, -0.2) is 13.1 Å². The van der Waals surface area contributed by atoms with Crippen LogP contribution in [0.25, 0.3) is 0 Å². The molecule has 1 unspecified atom stereocenters. The molecule has 0 aliphatic heterocycles. The van der Waals surface area contributed by atoms with E-state index in [4.69, 9.17) is 9.84 Å². The van der Waals surface area contributed by atoms with Crippen LogP contribution in [0, 0.1) is 0 Å². The Balaban J connectivity index is 2.78. The zero-order valence-electron chi connectivity index (χ0n) is 10.5. The van der Waals surface area contributed by atoms with E-state index in [1.54, 1.807) is 0 Å². The molecule has 0 aromatic carbocycles. The quantitative estimate of drug-likeness (QED) is 0.673. The minimum Gasteiger partial charge on any atom is -0.394 e. The van der Waals surface area contributed by atoms with Crippen LogP contribution >= 0.6 is 0 Å². The third kappa shape index (κ3) is 4.05. The summed E-state index contributed by atoms with van der Waals surface area (Å²) in [5.41, 5.74) is 0. The van der Waals surface area contributed by atoms with E-state index in [1.165, 1.54) is 24.2 Å². The van der Waals surface area contributed by atoms with Gasteiger partial charge in [0, 0.05) is 19.3 Å². The summed E-state index contributed by atoms with van der Waals surface area (Å²) in [4.78, 5) is 0.0884. The van der Waals surface area contributed by atoms with E-state index >= 15 is 0 Å². The first kappa shape index (κ1) is 15.1. The molecule has 104 valence electrons. The molecule has 0 amide bonds. The molecule has 1 aromatic heterocycles. The van der Waals surface area contributed by atoms with Crippen molar-refractivity contribution in [1.82, 2.24) is 14.5 Å². The van der Waals surface area contributed by atoms with Crippen molar-refractivity contribution in [3.05, 3.63) is 12.4 Å². The molecule has 0 radical (unpaired) electrons. The molecule has 0 saturated carbocycles. The predicted octanol–water partition coefficient (Wildman–Crippen LogP) is -0.421. The van der Waals surface area contributed by atoms with Gasteiger partial charge in [-0.3, -0.25) is 4.68 Å². The number of aliphatic hydroxyl groups is 1. The standard InChI is InChI=1S/C10H19N3O4S/c1-3-9(8-17-2)12-18(15,16)10-6-11-13(7-10)4-5-14/h6-7,9,12,14H,3-5,8H2,1-2H3. The number of aromatic nitrogens is 2. The SMILES string of the molecule is CCC(COC)NS(=O)(=O)c1cnn(CCO)c1. The van der Waals surface area contributed by atoms with Gasteiger partial charge in [0.25, 0.3) is 0 Å². The molecular weight excluding hydrogens is 258 g/mol. The fourth-order valence-electron chi connectivity index (χ4n) is 1.43. The fourth-order valence-corrected chi connectivity index (χ4v) is 2.69. The largest absolute Gasteiger partial charge is 0.394 e. The summed E-state index contributed by atoms with van der Waals surface area (Å²) >= 11 is 0. The topological polar surface area (TPSA) is 93.5 Å². The lowest BCUT2D eigenvalue weighted by molar-refractivity contribution is 0.173. The lowest BCUT2D eigenvalue weighted by Gasteiger charge is -2.15. The third-order valence-corrected chi connectivity index (χ3v) is 3.91. The average molecular weight is 277 g/mol. The average Bonchev–Trinajstić information content (AvgIpc) is 2.78. The number of nitrogens with zero attached hydrogens (tertiary/aromatic N) is 2. The molecule has 2 N–H and O–H groups in total. The van der Waals surface area contributed by atoms with E-state index in [1.807, 2.05) is 6.92 Å². The molecule has 7 nitrogen and oxygen atoms in total. The highest BCUT2D eigenvalue weighted by Gasteiger charge is 2.20. The number of rotatable bonds is 8. The first-order chi connectivity index (χ1) is 8.53. The Labute approximate surface area is 107 Å². The van der Waals surface area contributed by atoms with Crippen molar-refractivity contribution in [2.45, 2.75) is 30.8 Å². The first-order valence-corrected chi connectivity index (χ1v) is 7.16. The molecule has 1 rings (SSSR count). The van der Waals surface area contributed by atoms with Crippen LogP contribution in [0.15, 0.2) is 17.3 Å². The number of aliphatic hydroxyl groups excluding tert-OH is 1. The van der Waals surface area contributed by atoms with E-state index in [0.717, 1.165) is 0 Å².